The minimum atomic E-state index is -2.85. The van der Waals surface area contributed by atoms with Gasteiger partial charge in [0.1, 0.15) is 99.0 Å². The number of methoxy groups -OCH3 is 2. The third-order valence-corrected chi connectivity index (χ3v) is 16.3. The summed E-state index contributed by atoms with van der Waals surface area (Å²) in [5, 5.41) is 119. The van der Waals surface area contributed by atoms with Crippen LogP contribution in [-0.4, -0.2) is 340 Å². The number of aliphatic hydroxyl groups is 9. The van der Waals surface area contributed by atoms with Crippen molar-refractivity contribution in [3.8, 4) is 0 Å². The summed E-state index contributed by atoms with van der Waals surface area (Å²) in [5.41, 5.74) is 0. The molecule has 107 heavy (non-hydrogen) atoms. The van der Waals surface area contributed by atoms with Crippen LogP contribution in [0.5, 0.6) is 0 Å². The van der Waals surface area contributed by atoms with Crippen LogP contribution in [-0.2, 0) is 110 Å². The number of carbonyl (C=O) groups is 15. The van der Waals surface area contributed by atoms with Crippen LogP contribution in [0.2, 0.25) is 0 Å². The van der Waals surface area contributed by atoms with Crippen LogP contribution in [0.4, 0.5) is 0 Å². The fourth-order valence-electron chi connectivity index (χ4n) is 10.5. The number of ketones is 4. The second-order valence-electron chi connectivity index (χ2n) is 24.8. The number of carbonyl (C=O) groups excluding carboxylic acids is 14. The van der Waals surface area contributed by atoms with Gasteiger partial charge in [-0.1, -0.05) is 33.6 Å². The first kappa shape index (κ1) is 97.3. The van der Waals surface area contributed by atoms with Gasteiger partial charge in [0, 0.05) is 91.7 Å². The van der Waals surface area contributed by atoms with Crippen molar-refractivity contribution in [2.45, 2.75) is 236 Å². The van der Waals surface area contributed by atoms with Crippen molar-refractivity contribution < 1.29 is 161 Å². The van der Waals surface area contributed by atoms with Crippen LogP contribution in [0, 0.1) is 0 Å². The molecule has 16 atom stereocenters. The zero-order valence-corrected chi connectivity index (χ0v) is 61.8. The lowest BCUT2D eigenvalue weighted by atomic mass is 9.88. The number of rotatable bonds is 46. The van der Waals surface area contributed by atoms with E-state index in [1.165, 1.54) is 6.92 Å². The summed E-state index contributed by atoms with van der Waals surface area (Å²) < 4.78 is 43.3. The molecule has 0 aromatic carbocycles. The van der Waals surface area contributed by atoms with E-state index in [-0.39, 0.29) is 50.5 Å². The van der Waals surface area contributed by atoms with Gasteiger partial charge in [0.05, 0.1) is 65.8 Å². The molecule has 612 valence electrons. The summed E-state index contributed by atoms with van der Waals surface area (Å²) in [6.45, 7) is 5.10. The van der Waals surface area contributed by atoms with Crippen LogP contribution < -0.4 is 31.9 Å². The Labute approximate surface area is 618 Å². The van der Waals surface area contributed by atoms with Gasteiger partial charge in [-0.05, 0) is 26.2 Å². The third-order valence-electron chi connectivity index (χ3n) is 16.3. The van der Waals surface area contributed by atoms with Gasteiger partial charge in [-0.2, -0.15) is 0 Å². The summed E-state index contributed by atoms with van der Waals surface area (Å²) in [5.74, 6) is -13.0. The number of carboxylic acid groups (broad SMARTS) is 1. The number of carboxylic acids is 1. The second kappa shape index (κ2) is 51.6. The number of esters is 2. The highest BCUT2D eigenvalue weighted by molar-refractivity contribution is 5.95. The molecule has 0 saturated carbocycles. The first-order valence-corrected chi connectivity index (χ1v) is 35.0. The Hall–Kier alpha value is -7.75. The number of nitrogens with zero attached hydrogens (tertiary/aromatic N) is 2. The SMILES string of the molecule is CC.CCCCCC(=O)CCCCO[C@@H]1OC(CO)[C@@H](O[C@@H]2OC(CO[C@]3(C(=O)O)C[C@@H](O)[C@@H](NC(C)=O)C(C(O)C(O)CO)O3)[C@H](O)[C@H](O)C2O)[C@H](O)C1NC(C)=O.CCNC(=O)CCC(=O)CNC(=O)CN(CC(=O)OC)C(=O)CCC(=O)CNC(=O)CN(CC(=O)OC)C(=O)CCC(=O)CNC(C)=O. The van der Waals surface area contributed by atoms with Gasteiger partial charge >= 0.3 is 17.9 Å². The number of Topliss-reactive ketones (excluding diaryl/α,β-unsaturated/α-hetero) is 4. The topological polar surface area (TPSA) is 611 Å². The van der Waals surface area contributed by atoms with Crippen molar-refractivity contribution in [3.05, 3.63) is 0 Å². The average Bonchev–Trinajstić information content (AvgIpc) is 0.768. The van der Waals surface area contributed by atoms with E-state index in [0.29, 0.717) is 32.2 Å². The lowest BCUT2D eigenvalue weighted by Gasteiger charge is -2.48. The number of ether oxygens (including phenoxy) is 8. The van der Waals surface area contributed by atoms with Crippen LogP contribution >= 0.6 is 0 Å². The summed E-state index contributed by atoms with van der Waals surface area (Å²) in [6, 6.07) is -2.80. The number of aliphatic carboxylic acids is 1. The first-order chi connectivity index (χ1) is 50.5. The van der Waals surface area contributed by atoms with Gasteiger partial charge in [-0.15, -0.1) is 0 Å². The molecule has 3 aliphatic heterocycles. The van der Waals surface area contributed by atoms with E-state index < -0.39 is 253 Å². The fourth-order valence-corrected chi connectivity index (χ4v) is 10.5. The summed E-state index contributed by atoms with van der Waals surface area (Å²) in [6.07, 6.45) is -21.4. The zero-order chi connectivity index (χ0) is 81.3. The van der Waals surface area contributed by atoms with E-state index in [1.807, 2.05) is 20.8 Å². The van der Waals surface area contributed by atoms with Gasteiger partial charge in [0.15, 0.2) is 29.9 Å². The van der Waals surface area contributed by atoms with E-state index in [9.17, 15) is 123 Å². The Balaban J connectivity index is 0.00000106. The van der Waals surface area contributed by atoms with E-state index in [1.54, 1.807) is 6.92 Å². The number of amides is 8. The number of aliphatic hydroxyl groups excluding tert-OH is 9. The maximum absolute atomic E-state index is 12.7. The maximum Gasteiger partial charge on any atom is 0.364 e. The summed E-state index contributed by atoms with van der Waals surface area (Å²) in [4.78, 5) is 183. The molecule has 0 bridgehead atoms. The Morgan fingerprint density at radius 3 is 1.50 bits per heavy atom. The number of hydrogen-bond donors (Lipinski definition) is 16. The van der Waals surface area contributed by atoms with E-state index in [0.717, 1.165) is 57.1 Å². The number of hydrogen-bond acceptors (Lipinski definition) is 32. The Morgan fingerprint density at radius 1 is 0.542 bits per heavy atom. The Morgan fingerprint density at radius 2 is 1.04 bits per heavy atom. The number of nitrogens with one attached hydrogen (secondary N) is 6. The van der Waals surface area contributed by atoms with Crippen molar-refractivity contribution in [3.63, 3.8) is 0 Å². The molecule has 41 nitrogen and oxygen atoms in total. The maximum atomic E-state index is 12.7. The zero-order valence-electron chi connectivity index (χ0n) is 61.8. The lowest BCUT2D eigenvalue weighted by Crippen LogP contribution is -2.69. The number of unbranched alkanes of at least 4 members (excludes halogenated alkanes) is 3. The molecule has 3 saturated heterocycles. The molecule has 41 heteroatoms. The Kier molecular flexibility index (Phi) is 46.9. The molecule has 3 heterocycles. The van der Waals surface area contributed by atoms with Gasteiger partial charge in [0.25, 0.3) is 5.79 Å². The molecule has 0 aromatic heterocycles. The van der Waals surface area contributed by atoms with Crippen molar-refractivity contribution >= 4 is 88.3 Å². The summed E-state index contributed by atoms with van der Waals surface area (Å²) in [7, 11) is 2.14. The molecule has 0 aliphatic carbocycles. The van der Waals surface area contributed by atoms with Gasteiger partial charge in [-0.25, -0.2) is 4.79 Å². The van der Waals surface area contributed by atoms with Gasteiger partial charge in [0.2, 0.25) is 47.3 Å². The minimum Gasteiger partial charge on any atom is -0.477 e. The molecule has 0 aromatic rings. The molecule has 3 aliphatic rings. The smallest absolute Gasteiger partial charge is 0.364 e. The van der Waals surface area contributed by atoms with Crippen LogP contribution in [0.15, 0.2) is 0 Å². The second-order valence-corrected chi connectivity index (χ2v) is 24.8. The largest absolute Gasteiger partial charge is 0.477 e. The highest BCUT2D eigenvalue weighted by Gasteiger charge is 2.58. The fraction of sp³-hybridized carbons (Fsp3) is 0.773. The third kappa shape index (κ3) is 35.4. The molecular weight excluding hydrogens is 1430 g/mol. The van der Waals surface area contributed by atoms with Crippen LogP contribution in [0.3, 0.4) is 0 Å². The summed E-state index contributed by atoms with van der Waals surface area (Å²) >= 11 is 0. The van der Waals surface area contributed by atoms with Crippen molar-refractivity contribution in [1.82, 2.24) is 41.7 Å². The van der Waals surface area contributed by atoms with Crippen molar-refractivity contribution in [2.24, 2.45) is 0 Å². The average molecular weight is 1540 g/mol. The first-order valence-electron chi connectivity index (χ1n) is 35.0. The van der Waals surface area contributed by atoms with Crippen molar-refractivity contribution in [1.29, 1.82) is 0 Å². The quantitative estimate of drug-likeness (QED) is 0.0199. The molecule has 0 spiro atoms. The van der Waals surface area contributed by atoms with Gasteiger partial charge in [-0.3, -0.25) is 67.1 Å². The molecule has 3 rings (SSSR count). The molecule has 16 N–H and O–H groups in total. The van der Waals surface area contributed by atoms with E-state index >= 15 is 0 Å². The molecule has 7 unspecified atom stereocenters. The van der Waals surface area contributed by atoms with Crippen molar-refractivity contribution in [2.75, 3.05) is 93.0 Å². The highest BCUT2D eigenvalue weighted by atomic mass is 16.8. The predicted octanol–water partition coefficient (Wildman–Crippen LogP) is -7.17. The minimum absolute atomic E-state index is 0.0574. The molecule has 8 amide bonds. The highest BCUT2D eigenvalue weighted by Crippen LogP contribution is 2.36. The standard InChI is InChI=1S/C35H60N2O20.C29H44N6O13.C2H6/c1-4-5-6-9-18(42)10-7-8-11-52-32-24(37-17(3)41)27(47)30(21(14-39)54-32)56-33-29(49)28(48)26(46)22(55-33)15-53-35(34(50)51)12-19(43)23(36-16(2)40)31(57-35)25(45)20(44)13-38;1-5-30-23(40)9-6-20(37)13-32-24(41)15-35(18-29(46)48-4)27(44)11-8-22(39)14-33-25(42)16-34(17-28(45)47-3)26(43)10-7-21(38)12-31-19(2)36;1-2/h19-33,38-39,43-49H,4-15H2,1-3H3,(H,36,40)(H,37,41)(H,50,51);5-18H2,1-4H3,(H,30,40)(H,31,36)(H,32,41)(H,33,42);1-2H3/t19-,20?,21?,22?,23-,24?,25?,26+,27-,28+,29?,30-,31?,32-,33+,35-;;/m1../s1. The van der Waals surface area contributed by atoms with E-state index in [4.69, 9.17) is 28.4 Å². The predicted molar refractivity (Wildman–Crippen MR) is 363 cm³/mol. The van der Waals surface area contributed by atoms with Crippen LogP contribution in [0.25, 0.3) is 0 Å². The van der Waals surface area contributed by atoms with E-state index in [2.05, 4.69) is 41.4 Å². The molecule has 3 fully saturated rings. The molecular formula is C66H110N8O33. The Bertz CT molecular complexity index is 2890. The lowest BCUT2D eigenvalue weighted by molar-refractivity contribution is -0.360. The molecule has 0 radical (unpaired) electrons. The normalized spacial score (nSPS) is 24.2. The van der Waals surface area contributed by atoms with Crippen LogP contribution in [0.1, 0.15) is 138 Å². The van der Waals surface area contributed by atoms with Gasteiger partial charge < -0.3 is 131 Å². The monoisotopic (exact) mass is 1540 g/mol.